The van der Waals surface area contributed by atoms with Gasteiger partial charge in [0.25, 0.3) is 0 Å². The molecule has 404 valence electrons. The number of hydrogen-bond acceptors (Lipinski definition) is 8. The second-order valence-electron chi connectivity index (χ2n) is 20.9. The van der Waals surface area contributed by atoms with Gasteiger partial charge in [-0.05, 0) is 74.8 Å². The van der Waals surface area contributed by atoms with E-state index in [1.54, 1.807) is 0 Å². The number of rotatable bonds is 10. The molecule has 86 heavy (non-hydrogen) atoms. The van der Waals surface area contributed by atoms with Crippen molar-refractivity contribution in [1.29, 1.82) is 0 Å². The highest BCUT2D eigenvalue weighted by molar-refractivity contribution is 6.16. The quantitative estimate of drug-likeness (QED) is 0.133. The van der Waals surface area contributed by atoms with Crippen LogP contribution in [0.5, 0.6) is 0 Å². The van der Waals surface area contributed by atoms with Crippen LogP contribution in [0, 0.1) is 0 Å². The van der Waals surface area contributed by atoms with Crippen molar-refractivity contribution in [2.75, 3.05) is 0 Å². The Hall–Kier alpha value is -11.7. The van der Waals surface area contributed by atoms with Gasteiger partial charge in [-0.15, -0.1) is 0 Å². The normalized spacial score (nSPS) is 11.3. The minimum Gasteiger partial charge on any atom is -0.456 e. The van der Waals surface area contributed by atoms with Gasteiger partial charge in [-0.3, -0.25) is 0 Å². The maximum absolute atomic E-state index is 6.58. The van der Waals surface area contributed by atoms with E-state index in [9.17, 15) is 0 Å². The first-order valence-electron chi connectivity index (χ1n) is 28.6. The van der Waals surface area contributed by atoms with Crippen molar-refractivity contribution in [1.82, 2.24) is 29.9 Å². The molecule has 12 aromatic carbocycles. The summed E-state index contributed by atoms with van der Waals surface area (Å²) in [6, 6.07) is 103. The van der Waals surface area contributed by atoms with Gasteiger partial charge in [-0.25, -0.2) is 29.9 Å². The van der Waals surface area contributed by atoms with E-state index in [1.165, 1.54) is 22.3 Å². The van der Waals surface area contributed by atoms with Crippen LogP contribution in [0.15, 0.2) is 312 Å². The van der Waals surface area contributed by atoms with E-state index in [-0.39, 0.29) is 0 Å². The highest BCUT2D eigenvalue weighted by Gasteiger charge is 2.22. The molecule has 4 heterocycles. The van der Waals surface area contributed by atoms with Crippen molar-refractivity contribution in [2.24, 2.45) is 0 Å². The first-order valence-corrected chi connectivity index (χ1v) is 28.6. The molecule has 0 spiro atoms. The zero-order valence-corrected chi connectivity index (χ0v) is 46.4. The van der Waals surface area contributed by atoms with E-state index >= 15 is 0 Å². The second-order valence-corrected chi connectivity index (χ2v) is 20.9. The molecule has 0 unspecified atom stereocenters. The summed E-state index contributed by atoms with van der Waals surface area (Å²) in [5.41, 5.74) is 17.8. The molecular weight excluding hydrogens is 1050 g/mol. The molecule has 0 aliphatic heterocycles. The highest BCUT2D eigenvalue weighted by atomic mass is 16.3. The molecule has 8 nitrogen and oxygen atoms in total. The van der Waals surface area contributed by atoms with Crippen molar-refractivity contribution in [3.8, 4) is 113 Å². The Morgan fingerprint density at radius 3 is 0.942 bits per heavy atom. The summed E-state index contributed by atoms with van der Waals surface area (Å²) in [5, 5.41) is 4.26. The number of benzene rings is 12. The topological polar surface area (TPSA) is 104 Å². The minimum atomic E-state index is 0.572. The van der Waals surface area contributed by atoms with Gasteiger partial charge >= 0.3 is 0 Å². The highest BCUT2D eigenvalue weighted by Crippen LogP contribution is 2.43. The molecule has 0 fully saturated rings. The lowest BCUT2D eigenvalue weighted by Gasteiger charge is -2.11. The molecule has 16 rings (SSSR count). The van der Waals surface area contributed by atoms with Crippen LogP contribution < -0.4 is 0 Å². The summed E-state index contributed by atoms with van der Waals surface area (Å²) in [5.74, 6) is 3.66. The van der Waals surface area contributed by atoms with Gasteiger partial charge in [0, 0.05) is 49.4 Å². The van der Waals surface area contributed by atoms with Gasteiger partial charge in [0.1, 0.15) is 22.3 Å². The lowest BCUT2D eigenvalue weighted by molar-refractivity contribution is 0.669. The number of hydrogen-bond donors (Lipinski definition) is 0. The van der Waals surface area contributed by atoms with Crippen molar-refractivity contribution in [2.45, 2.75) is 0 Å². The fraction of sp³-hybridized carbons (Fsp3) is 0. The van der Waals surface area contributed by atoms with E-state index in [0.29, 0.717) is 34.9 Å². The predicted molar refractivity (Wildman–Crippen MR) is 349 cm³/mol. The molecule has 0 saturated heterocycles. The van der Waals surface area contributed by atoms with Crippen molar-refractivity contribution in [3.63, 3.8) is 0 Å². The zero-order chi connectivity index (χ0) is 57.2. The van der Waals surface area contributed by atoms with Crippen molar-refractivity contribution < 1.29 is 8.83 Å². The fourth-order valence-electron chi connectivity index (χ4n) is 11.3. The monoisotopic (exact) mass is 1100 g/mol. The number of nitrogens with zero attached hydrogens (tertiary/aromatic N) is 6. The van der Waals surface area contributed by atoms with Crippen LogP contribution >= 0.6 is 0 Å². The molecule has 0 N–H and O–H groups in total. The molecule has 8 heteroatoms. The SMILES string of the molecule is c1ccc(-c2ccc(-c3cc(-c4nc(-c5ccccc5)nc(-c5ccccc5)n4)cc4oc5ccccc5c34)cc2)cc1.c1ccc(-c2ccc(-c3ccc(-c4nc(-c5ccccc5)nc(-c5ccccc5)n4)c4oc5ccccc5c34)cc2)cc1. The van der Waals surface area contributed by atoms with Crippen LogP contribution in [-0.4, -0.2) is 29.9 Å². The second kappa shape index (κ2) is 22.5. The third-order valence-corrected chi connectivity index (χ3v) is 15.5. The lowest BCUT2D eigenvalue weighted by atomic mass is 9.95. The molecule has 4 aromatic heterocycles. The summed E-state index contributed by atoms with van der Waals surface area (Å²) in [6.45, 7) is 0. The van der Waals surface area contributed by atoms with Crippen LogP contribution in [0.3, 0.4) is 0 Å². The molecule has 0 amide bonds. The molecule has 0 saturated carbocycles. The molecule has 0 radical (unpaired) electrons. The van der Waals surface area contributed by atoms with Crippen LogP contribution in [0.25, 0.3) is 157 Å². The Balaban J connectivity index is 0.000000145. The summed E-state index contributed by atoms with van der Waals surface area (Å²) in [7, 11) is 0. The lowest BCUT2D eigenvalue weighted by Crippen LogP contribution is -2.00. The van der Waals surface area contributed by atoms with Crippen LogP contribution in [0.1, 0.15) is 0 Å². The number of fused-ring (bicyclic) bond motifs is 6. The molecule has 0 aliphatic rings. The largest absolute Gasteiger partial charge is 0.456 e. The van der Waals surface area contributed by atoms with Gasteiger partial charge in [0.15, 0.2) is 34.9 Å². The van der Waals surface area contributed by atoms with E-state index in [1.807, 2.05) is 158 Å². The number of furan rings is 2. The summed E-state index contributed by atoms with van der Waals surface area (Å²) < 4.78 is 13.0. The maximum Gasteiger partial charge on any atom is 0.167 e. The first-order chi connectivity index (χ1) is 42.6. The van der Waals surface area contributed by atoms with E-state index < -0.39 is 0 Å². The molecule has 0 aliphatic carbocycles. The standard InChI is InChI=1S/2C39H25N3O/c1-4-12-26(13-5-1)27-20-22-28(23-21-27)33-24-31(25-35-36(33)32-18-10-11-19-34(32)43-35)39-41-37(29-14-6-2-7-15-29)40-38(42-39)30-16-8-3-9-17-30;1-4-12-26(13-5-1)27-20-22-28(23-21-27)31-24-25-33(36-35(31)32-18-10-11-19-34(32)43-36)39-41-37(29-14-6-2-7-15-29)40-38(42-39)30-16-8-3-9-17-30/h2*1-25H. The van der Waals surface area contributed by atoms with Crippen molar-refractivity contribution in [3.05, 3.63) is 303 Å². The Labute approximate surface area is 496 Å². The molecular formula is C78H50N6O2. The van der Waals surface area contributed by atoms with Gasteiger partial charge in [-0.1, -0.05) is 273 Å². The van der Waals surface area contributed by atoms with Crippen molar-refractivity contribution >= 4 is 43.9 Å². The fourth-order valence-corrected chi connectivity index (χ4v) is 11.3. The van der Waals surface area contributed by atoms with Gasteiger partial charge in [0.05, 0.1) is 5.56 Å². The Kier molecular flexibility index (Phi) is 13.4. The predicted octanol–water partition coefficient (Wildman–Crippen LogP) is 20.2. The Morgan fingerprint density at radius 2 is 0.500 bits per heavy atom. The van der Waals surface area contributed by atoms with Crippen LogP contribution in [0.2, 0.25) is 0 Å². The Morgan fingerprint density at radius 1 is 0.186 bits per heavy atom. The number of para-hydroxylation sites is 2. The summed E-state index contributed by atoms with van der Waals surface area (Å²) in [6.07, 6.45) is 0. The van der Waals surface area contributed by atoms with E-state index in [4.69, 9.17) is 38.7 Å². The minimum absolute atomic E-state index is 0.572. The average molecular weight is 1100 g/mol. The van der Waals surface area contributed by atoms with Gasteiger partial charge in [-0.2, -0.15) is 0 Å². The van der Waals surface area contributed by atoms with E-state index in [0.717, 1.165) is 99.5 Å². The molecule has 0 atom stereocenters. The Bertz CT molecular complexity index is 4940. The van der Waals surface area contributed by atoms with Gasteiger partial charge < -0.3 is 8.83 Å². The third-order valence-electron chi connectivity index (χ3n) is 15.5. The smallest absolute Gasteiger partial charge is 0.167 e. The van der Waals surface area contributed by atoms with E-state index in [2.05, 4.69) is 146 Å². The molecule has 16 aromatic rings. The summed E-state index contributed by atoms with van der Waals surface area (Å²) in [4.78, 5) is 29.7. The third kappa shape index (κ3) is 10.0. The average Bonchev–Trinajstić information content (AvgIpc) is 1.93. The zero-order valence-electron chi connectivity index (χ0n) is 46.4. The maximum atomic E-state index is 6.58. The molecule has 0 bridgehead atoms. The number of aromatic nitrogens is 6. The van der Waals surface area contributed by atoms with Gasteiger partial charge in [0.2, 0.25) is 0 Å². The van der Waals surface area contributed by atoms with Crippen LogP contribution in [-0.2, 0) is 0 Å². The summed E-state index contributed by atoms with van der Waals surface area (Å²) >= 11 is 0. The first kappa shape index (κ1) is 51.2. The van der Waals surface area contributed by atoms with Crippen LogP contribution in [0.4, 0.5) is 0 Å².